The normalized spacial score (nSPS) is 13.8. The Morgan fingerprint density at radius 1 is 1.11 bits per heavy atom. The molecule has 1 aliphatic rings. The number of rotatable bonds is 7. The van der Waals surface area contributed by atoms with Crippen LogP contribution < -0.4 is 9.47 Å². The summed E-state index contributed by atoms with van der Waals surface area (Å²) in [6.45, 7) is 0.626. The average Bonchev–Trinajstić information content (AvgIpc) is 3.46. The Hall–Kier alpha value is -3.21. The lowest BCUT2D eigenvalue weighted by Gasteiger charge is -2.21. The second-order valence-electron chi connectivity index (χ2n) is 7.04. The summed E-state index contributed by atoms with van der Waals surface area (Å²) in [5, 5.41) is 1.17. The van der Waals surface area contributed by atoms with Crippen LogP contribution in [-0.2, 0) is 11.3 Å². The summed E-state index contributed by atoms with van der Waals surface area (Å²) >= 11 is 0. The Labute approximate surface area is 164 Å². The quantitative estimate of drug-likeness (QED) is 0.622. The number of H-pyrrole nitrogens is 1. The number of aromatic amines is 1. The van der Waals surface area contributed by atoms with Crippen LogP contribution in [0.4, 0.5) is 0 Å². The Balaban J connectivity index is 1.50. The Kier molecular flexibility index (Phi) is 5.06. The molecule has 28 heavy (non-hydrogen) atoms. The number of carbonyl (C=O) groups excluding carboxylic acids is 1. The molecule has 144 valence electrons. The van der Waals surface area contributed by atoms with Crippen LogP contribution >= 0.6 is 0 Å². The van der Waals surface area contributed by atoms with Crippen molar-refractivity contribution in [3.05, 3.63) is 65.9 Å². The van der Waals surface area contributed by atoms with Gasteiger partial charge in [-0.15, -0.1) is 0 Å². The van der Waals surface area contributed by atoms with Gasteiger partial charge in [0.2, 0.25) is 5.91 Å². The van der Waals surface area contributed by atoms with Crippen LogP contribution in [0.1, 0.15) is 24.0 Å². The maximum absolute atomic E-state index is 12.9. The van der Waals surface area contributed by atoms with E-state index in [1.54, 1.807) is 20.3 Å². The van der Waals surface area contributed by atoms with E-state index in [9.17, 15) is 4.79 Å². The number of amides is 1. The standard InChI is InChI=1S/C23H24N2O3/c1-27-21-9-4-16(14-22(21)28-2)5-10-23(26)25(19-6-7-19)15-17-3-8-20-18(13-17)11-12-24-20/h3-5,8-14,19,24H,6-7,15H2,1-2H3/b10-5+. The summed E-state index contributed by atoms with van der Waals surface area (Å²) in [5.74, 6) is 1.35. The minimum absolute atomic E-state index is 0.0338. The molecule has 0 aliphatic heterocycles. The van der Waals surface area contributed by atoms with E-state index in [0.29, 0.717) is 24.1 Å². The molecule has 1 N–H and O–H groups in total. The number of ether oxygens (including phenoxy) is 2. The molecule has 1 aliphatic carbocycles. The molecule has 0 radical (unpaired) electrons. The first-order valence-electron chi connectivity index (χ1n) is 9.44. The van der Waals surface area contributed by atoms with Crippen LogP contribution in [0.15, 0.2) is 54.7 Å². The molecule has 5 nitrogen and oxygen atoms in total. The minimum atomic E-state index is 0.0338. The van der Waals surface area contributed by atoms with Crippen molar-refractivity contribution in [1.29, 1.82) is 0 Å². The molecule has 3 aromatic rings. The van der Waals surface area contributed by atoms with Crippen LogP contribution in [0.25, 0.3) is 17.0 Å². The summed E-state index contributed by atoms with van der Waals surface area (Å²) in [5.41, 5.74) is 3.16. The minimum Gasteiger partial charge on any atom is -0.493 e. The highest BCUT2D eigenvalue weighted by Crippen LogP contribution is 2.30. The molecule has 0 bridgehead atoms. The smallest absolute Gasteiger partial charge is 0.247 e. The third-order valence-electron chi connectivity index (χ3n) is 5.07. The van der Waals surface area contributed by atoms with Crippen molar-refractivity contribution in [2.75, 3.05) is 14.2 Å². The molecule has 0 unspecified atom stereocenters. The van der Waals surface area contributed by atoms with Crippen molar-refractivity contribution in [2.24, 2.45) is 0 Å². The maximum atomic E-state index is 12.9. The number of benzene rings is 2. The molecule has 2 aromatic carbocycles. The number of fused-ring (bicyclic) bond motifs is 1. The van der Waals surface area contributed by atoms with E-state index in [-0.39, 0.29) is 5.91 Å². The molecular formula is C23H24N2O3. The van der Waals surface area contributed by atoms with Crippen molar-refractivity contribution in [3.8, 4) is 11.5 Å². The molecule has 4 rings (SSSR count). The molecule has 1 heterocycles. The largest absolute Gasteiger partial charge is 0.493 e. The first-order valence-corrected chi connectivity index (χ1v) is 9.44. The molecule has 1 saturated carbocycles. The Bertz CT molecular complexity index is 1020. The number of nitrogens with zero attached hydrogens (tertiary/aromatic N) is 1. The molecule has 5 heteroatoms. The summed E-state index contributed by atoms with van der Waals surface area (Å²) < 4.78 is 10.6. The fourth-order valence-corrected chi connectivity index (χ4v) is 3.39. The van der Waals surface area contributed by atoms with Gasteiger partial charge < -0.3 is 19.4 Å². The van der Waals surface area contributed by atoms with E-state index < -0.39 is 0 Å². The maximum Gasteiger partial charge on any atom is 0.247 e. The number of aromatic nitrogens is 1. The Morgan fingerprint density at radius 3 is 2.68 bits per heavy atom. The average molecular weight is 376 g/mol. The lowest BCUT2D eigenvalue weighted by Crippen LogP contribution is -2.31. The van der Waals surface area contributed by atoms with Crippen molar-refractivity contribution in [1.82, 2.24) is 9.88 Å². The molecule has 0 spiro atoms. The van der Waals surface area contributed by atoms with Gasteiger partial charge >= 0.3 is 0 Å². The first-order chi connectivity index (χ1) is 13.7. The second kappa shape index (κ2) is 7.80. The number of carbonyl (C=O) groups is 1. The van der Waals surface area contributed by atoms with Crippen LogP contribution in [0.3, 0.4) is 0 Å². The van der Waals surface area contributed by atoms with E-state index in [2.05, 4.69) is 29.2 Å². The summed E-state index contributed by atoms with van der Waals surface area (Å²) in [4.78, 5) is 18.0. The van der Waals surface area contributed by atoms with Gasteiger partial charge in [0.05, 0.1) is 14.2 Å². The highest BCUT2D eigenvalue weighted by Gasteiger charge is 2.31. The zero-order valence-corrected chi connectivity index (χ0v) is 16.1. The molecule has 0 saturated heterocycles. The number of hydrogen-bond donors (Lipinski definition) is 1. The molecular weight excluding hydrogens is 352 g/mol. The molecule has 0 atom stereocenters. The topological polar surface area (TPSA) is 54.6 Å². The van der Waals surface area contributed by atoms with Gasteiger partial charge in [-0.2, -0.15) is 0 Å². The second-order valence-corrected chi connectivity index (χ2v) is 7.04. The molecule has 1 amide bonds. The molecule has 1 aromatic heterocycles. The van der Waals surface area contributed by atoms with Crippen molar-refractivity contribution in [2.45, 2.75) is 25.4 Å². The lowest BCUT2D eigenvalue weighted by molar-refractivity contribution is -0.127. The van der Waals surface area contributed by atoms with Gasteiger partial charge in [-0.3, -0.25) is 4.79 Å². The highest BCUT2D eigenvalue weighted by atomic mass is 16.5. The van der Waals surface area contributed by atoms with E-state index in [1.807, 2.05) is 35.4 Å². The highest BCUT2D eigenvalue weighted by molar-refractivity contribution is 5.92. The SMILES string of the molecule is COc1ccc(/C=C/C(=O)N(Cc2ccc3[nH]ccc3c2)C2CC2)cc1OC. The van der Waals surface area contributed by atoms with Crippen molar-refractivity contribution < 1.29 is 14.3 Å². The zero-order valence-electron chi connectivity index (χ0n) is 16.1. The van der Waals surface area contributed by atoms with Gasteiger partial charge in [0.15, 0.2) is 11.5 Å². The van der Waals surface area contributed by atoms with Crippen LogP contribution in [0.2, 0.25) is 0 Å². The number of hydrogen-bond acceptors (Lipinski definition) is 3. The van der Waals surface area contributed by atoms with Gasteiger partial charge in [-0.25, -0.2) is 0 Å². The van der Waals surface area contributed by atoms with Gasteiger partial charge in [-0.05, 0) is 65.8 Å². The van der Waals surface area contributed by atoms with Crippen LogP contribution in [-0.4, -0.2) is 36.1 Å². The third kappa shape index (κ3) is 3.88. The summed E-state index contributed by atoms with van der Waals surface area (Å²) in [7, 11) is 3.21. The van der Waals surface area contributed by atoms with Gasteiger partial charge in [-0.1, -0.05) is 12.1 Å². The molecule has 1 fully saturated rings. The fraction of sp³-hybridized carbons (Fsp3) is 0.261. The van der Waals surface area contributed by atoms with E-state index in [0.717, 1.165) is 29.5 Å². The zero-order chi connectivity index (χ0) is 19.5. The summed E-state index contributed by atoms with van der Waals surface area (Å²) in [6, 6.07) is 14.3. The third-order valence-corrected chi connectivity index (χ3v) is 5.07. The van der Waals surface area contributed by atoms with E-state index in [1.165, 1.54) is 5.39 Å². The van der Waals surface area contributed by atoms with Crippen molar-refractivity contribution in [3.63, 3.8) is 0 Å². The Morgan fingerprint density at radius 2 is 1.93 bits per heavy atom. The predicted octanol–water partition coefficient (Wildman–Crippen LogP) is 4.39. The van der Waals surface area contributed by atoms with Crippen LogP contribution in [0.5, 0.6) is 11.5 Å². The summed E-state index contributed by atoms with van der Waals surface area (Å²) in [6.07, 6.45) is 7.55. The monoisotopic (exact) mass is 376 g/mol. The number of methoxy groups -OCH3 is 2. The first kappa shape index (κ1) is 18.2. The van der Waals surface area contributed by atoms with E-state index in [4.69, 9.17) is 9.47 Å². The predicted molar refractivity (Wildman–Crippen MR) is 110 cm³/mol. The van der Waals surface area contributed by atoms with Gasteiger partial charge in [0, 0.05) is 30.4 Å². The van der Waals surface area contributed by atoms with Gasteiger partial charge in [0.1, 0.15) is 0 Å². The lowest BCUT2D eigenvalue weighted by atomic mass is 10.1. The van der Waals surface area contributed by atoms with Crippen molar-refractivity contribution >= 4 is 22.9 Å². The fourth-order valence-electron chi connectivity index (χ4n) is 3.39. The van der Waals surface area contributed by atoms with Gasteiger partial charge in [0.25, 0.3) is 0 Å². The van der Waals surface area contributed by atoms with E-state index >= 15 is 0 Å². The number of nitrogens with one attached hydrogen (secondary N) is 1. The van der Waals surface area contributed by atoms with Crippen LogP contribution in [0, 0.1) is 0 Å².